The van der Waals surface area contributed by atoms with Crippen LogP contribution in [0.1, 0.15) is 39.2 Å². The Labute approximate surface area is 178 Å². The fraction of sp³-hybridized carbons (Fsp3) is 0.500. The Kier molecular flexibility index (Phi) is 11.2. The zero-order valence-corrected chi connectivity index (χ0v) is 17.9. The van der Waals surface area contributed by atoms with Crippen molar-refractivity contribution < 1.29 is 28.6 Å². The van der Waals surface area contributed by atoms with E-state index in [9.17, 15) is 14.4 Å². The Morgan fingerprint density at radius 3 is 2.43 bits per heavy atom. The monoisotopic (exact) mass is 420 g/mol. The first-order chi connectivity index (χ1) is 14.2. The summed E-state index contributed by atoms with van der Waals surface area (Å²) in [5, 5.41) is 5.59. The van der Waals surface area contributed by atoms with Crippen molar-refractivity contribution in [2.75, 3.05) is 19.7 Å². The molecule has 0 saturated heterocycles. The highest BCUT2D eigenvalue weighted by Crippen LogP contribution is 2.07. The zero-order valence-electron chi connectivity index (χ0n) is 17.9. The SMILES string of the molecule is C=CCOC(=O)[C@@H](CCC(=O)OCc1ccccc1)NCCNC(=O)OC(C)(C)C. The summed E-state index contributed by atoms with van der Waals surface area (Å²) >= 11 is 0. The molecule has 30 heavy (non-hydrogen) atoms. The van der Waals surface area contributed by atoms with Crippen LogP contribution in [-0.4, -0.2) is 49.4 Å². The molecular formula is C22H32N2O6. The van der Waals surface area contributed by atoms with Crippen LogP contribution in [0.25, 0.3) is 0 Å². The van der Waals surface area contributed by atoms with Crippen LogP contribution in [-0.2, 0) is 30.4 Å². The van der Waals surface area contributed by atoms with E-state index in [1.165, 1.54) is 6.08 Å². The second-order valence-electron chi connectivity index (χ2n) is 7.54. The second-order valence-corrected chi connectivity index (χ2v) is 7.54. The first kappa shape index (κ1) is 25.2. The molecule has 0 aliphatic heterocycles. The maximum Gasteiger partial charge on any atom is 0.407 e. The summed E-state index contributed by atoms with van der Waals surface area (Å²) in [6, 6.07) is 8.63. The number of benzene rings is 1. The van der Waals surface area contributed by atoms with Gasteiger partial charge in [0.1, 0.15) is 24.9 Å². The minimum absolute atomic E-state index is 0.0488. The van der Waals surface area contributed by atoms with Gasteiger partial charge in [-0.3, -0.25) is 9.59 Å². The number of carbonyl (C=O) groups excluding carboxylic acids is 3. The van der Waals surface area contributed by atoms with Gasteiger partial charge >= 0.3 is 18.0 Å². The molecule has 0 radical (unpaired) electrons. The fourth-order valence-corrected chi connectivity index (χ4v) is 2.34. The number of nitrogens with one attached hydrogen (secondary N) is 2. The Hall–Kier alpha value is -2.87. The van der Waals surface area contributed by atoms with Gasteiger partial charge in [0, 0.05) is 19.5 Å². The largest absolute Gasteiger partial charge is 0.461 e. The van der Waals surface area contributed by atoms with Crippen LogP contribution in [0.2, 0.25) is 0 Å². The van der Waals surface area contributed by atoms with E-state index in [0.717, 1.165) is 5.56 Å². The lowest BCUT2D eigenvalue weighted by molar-refractivity contribution is -0.147. The topological polar surface area (TPSA) is 103 Å². The average molecular weight is 421 g/mol. The molecule has 0 aliphatic carbocycles. The highest BCUT2D eigenvalue weighted by Gasteiger charge is 2.21. The van der Waals surface area contributed by atoms with E-state index in [1.54, 1.807) is 20.8 Å². The van der Waals surface area contributed by atoms with E-state index >= 15 is 0 Å². The Morgan fingerprint density at radius 1 is 1.10 bits per heavy atom. The number of carbonyl (C=O) groups is 3. The van der Waals surface area contributed by atoms with Crippen molar-refractivity contribution in [3.63, 3.8) is 0 Å². The summed E-state index contributed by atoms with van der Waals surface area (Å²) in [5.41, 5.74) is 0.299. The Morgan fingerprint density at radius 2 is 1.80 bits per heavy atom. The minimum atomic E-state index is -0.713. The molecule has 8 nitrogen and oxygen atoms in total. The number of hydrogen-bond donors (Lipinski definition) is 2. The van der Waals surface area contributed by atoms with E-state index in [2.05, 4.69) is 17.2 Å². The van der Waals surface area contributed by atoms with E-state index in [-0.39, 0.29) is 32.6 Å². The highest BCUT2D eigenvalue weighted by molar-refractivity contribution is 5.77. The van der Waals surface area contributed by atoms with Crippen molar-refractivity contribution in [3.05, 3.63) is 48.6 Å². The number of alkyl carbamates (subject to hydrolysis) is 1. The molecule has 166 valence electrons. The van der Waals surface area contributed by atoms with Gasteiger partial charge in [-0.25, -0.2) is 4.79 Å². The summed E-state index contributed by atoms with van der Waals surface area (Å²) in [4.78, 5) is 35.9. The molecule has 1 aromatic carbocycles. The normalized spacial score (nSPS) is 11.8. The average Bonchev–Trinajstić information content (AvgIpc) is 2.69. The maximum absolute atomic E-state index is 12.2. The predicted octanol–water partition coefficient (Wildman–Crippen LogP) is 2.72. The van der Waals surface area contributed by atoms with Crippen LogP contribution >= 0.6 is 0 Å². The summed E-state index contributed by atoms with van der Waals surface area (Å²) in [6.45, 7) is 9.62. The number of esters is 2. The molecule has 1 aromatic rings. The summed E-state index contributed by atoms with van der Waals surface area (Å²) in [7, 11) is 0. The fourth-order valence-electron chi connectivity index (χ4n) is 2.34. The molecule has 0 heterocycles. The lowest BCUT2D eigenvalue weighted by Crippen LogP contribution is -2.43. The van der Waals surface area contributed by atoms with Crippen LogP contribution < -0.4 is 10.6 Å². The quantitative estimate of drug-likeness (QED) is 0.232. The van der Waals surface area contributed by atoms with Crippen LogP contribution in [0.5, 0.6) is 0 Å². The standard InChI is InChI=1S/C22H32N2O6/c1-5-15-28-20(26)18(23-13-14-24-21(27)30-22(2,3)4)11-12-19(25)29-16-17-9-7-6-8-10-17/h5-10,18,23H,1,11-16H2,2-4H3,(H,24,27)/t18-/m1/s1. The molecule has 8 heteroatoms. The van der Waals surface area contributed by atoms with E-state index in [1.807, 2.05) is 30.3 Å². The van der Waals surface area contributed by atoms with Crippen molar-refractivity contribution in [3.8, 4) is 0 Å². The third-order valence-corrected chi connectivity index (χ3v) is 3.69. The number of ether oxygens (including phenoxy) is 3. The van der Waals surface area contributed by atoms with E-state index in [0.29, 0.717) is 6.54 Å². The van der Waals surface area contributed by atoms with Gasteiger partial charge in [-0.2, -0.15) is 0 Å². The molecule has 0 bridgehead atoms. The molecular weight excluding hydrogens is 388 g/mol. The maximum atomic E-state index is 12.2. The number of hydrogen-bond acceptors (Lipinski definition) is 7. The second kappa shape index (κ2) is 13.4. The lowest BCUT2D eigenvalue weighted by atomic mass is 10.1. The summed E-state index contributed by atoms with van der Waals surface area (Å²) in [5.74, 6) is -0.905. The van der Waals surface area contributed by atoms with Gasteiger partial charge in [-0.15, -0.1) is 0 Å². The molecule has 0 spiro atoms. The van der Waals surface area contributed by atoms with Crippen molar-refractivity contribution in [1.29, 1.82) is 0 Å². The molecule has 0 aromatic heterocycles. The van der Waals surface area contributed by atoms with Gasteiger partial charge in [0.25, 0.3) is 0 Å². The van der Waals surface area contributed by atoms with Crippen LogP contribution in [0, 0.1) is 0 Å². The third kappa shape index (κ3) is 11.9. The van der Waals surface area contributed by atoms with Gasteiger partial charge in [0.05, 0.1) is 0 Å². The molecule has 1 atom stereocenters. The van der Waals surface area contributed by atoms with Crippen molar-refractivity contribution in [2.24, 2.45) is 0 Å². The van der Waals surface area contributed by atoms with Gasteiger partial charge in [-0.1, -0.05) is 43.0 Å². The van der Waals surface area contributed by atoms with Crippen molar-refractivity contribution in [1.82, 2.24) is 10.6 Å². The van der Waals surface area contributed by atoms with Gasteiger partial charge in [0.15, 0.2) is 0 Å². The molecule has 1 amide bonds. The Bertz CT molecular complexity index is 685. The van der Waals surface area contributed by atoms with E-state index < -0.39 is 29.7 Å². The molecule has 1 rings (SSSR count). The predicted molar refractivity (Wildman–Crippen MR) is 113 cm³/mol. The van der Waals surface area contributed by atoms with E-state index in [4.69, 9.17) is 14.2 Å². The number of rotatable bonds is 12. The Balaban J connectivity index is 2.42. The minimum Gasteiger partial charge on any atom is -0.461 e. The summed E-state index contributed by atoms with van der Waals surface area (Å²) in [6.07, 6.45) is 1.18. The molecule has 0 unspecified atom stereocenters. The summed E-state index contributed by atoms with van der Waals surface area (Å²) < 4.78 is 15.5. The van der Waals surface area contributed by atoms with Crippen LogP contribution in [0.3, 0.4) is 0 Å². The molecule has 2 N–H and O–H groups in total. The van der Waals surface area contributed by atoms with Crippen molar-refractivity contribution in [2.45, 2.75) is 51.9 Å². The number of amides is 1. The van der Waals surface area contributed by atoms with Crippen molar-refractivity contribution >= 4 is 18.0 Å². The molecule has 0 fully saturated rings. The van der Waals surface area contributed by atoms with Crippen LogP contribution in [0.4, 0.5) is 4.79 Å². The first-order valence-corrected chi connectivity index (χ1v) is 9.88. The smallest absolute Gasteiger partial charge is 0.407 e. The van der Waals surface area contributed by atoms with Crippen LogP contribution in [0.15, 0.2) is 43.0 Å². The lowest BCUT2D eigenvalue weighted by Gasteiger charge is -2.20. The highest BCUT2D eigenvalue weighted by atomic mass is 16.6. The molecule has 0 aliphatic rings. The van der Waals surface area contributed by atoms with Gasteiger partial charge in [-0.05, 0) is 32.8 Å². The third-order valence-electron chi connectivity index (χ3n) is 3.69. The zero-order chi connectivity index (χ0) is 22.4. The van der Waals surface area contributed by atoms with Gasteiger partial charge < -0.3 is 24.8 Å². The first-order valence-electron chi connectivity index (χ1n) is 9.88. The van der Waals surface area contributed by atoms with Gasteiger partial charge in [0.2, 0.25) is 0 Å². The molecule has 0 saturated carbocycles.